The Labute approximate surface area is 94.3 Å². The molecule has 0 fully saturated rings. The zero-order valence-electron chi connectivity index (χ0n) is 9.17. The number of nitrogens with zero attached hydrogens (tertiary/aromatic N) is 3. The Kier molecular flexibility index (Phi) is 5.14. The number of thioether (sulfide) groups is 1. The minimum absolute atomic E-state index is 0.623. The van der Waals surface area contributed by atoms with Gasteiger partial charge >= 0.3 is 0 Å². The van der Waals surface area contributed by atoms with Gasteiger partial charge in [-0.3, -0.25) is 14.8 Å². The first-order valence-electron chi connectivity index (χ1n) is 4.53. The lowest BCUT2D eigenvalue weighted by atomic mass is 10.3. The van der Waals surface area contributed by atoms with E-state index in [1.165, 1.54) is 0 Å². The van der Waals surface area contributed by atoms with Crippen LogP contribution in [0.3, 0.4) is 0 Å². The van der Waals surface area contributed by atoms with Gasteiger partial charge in [0.25, 0.3) is 0 Å². The number of pyridine rings is 1. The first-order valence-corrected chi connectivity index (χ1v) is 5.75. The van der Waals surface area contributed by atoms with Gasteiger partial charge in [-0.2, -0.15) is 0 Å². The van der Waals surface area contributed by atoms with E-state index in [0.717, 1.165) is 10.7 Å². The van der Waals surface area contributed by atoms with Crippen molar-refractivity contribution in [3.8, 4) is 0 Å². The molecule has 4 nitrogen and oxygen atoms in total. The summed E-state index contributed by atoms with van der Waals surface area (Å²) >= 11 is 1.55. The highest BCUT2D eigenvalue weighted by atomic mass is 32.2. The summed E-state index contributed by atoms with van der Waals surface area (Å²) in [5.41, 5.74) is 1.09. The van der Waals surface area contributed by atoms with Gasteiger partial charge in [0.05, 0.1) is 13.7 Å². The van der Waals surface area contributed by atoms with Crippen molar-refractivity contribution in [2.45, 2.75) is 6.54 Å². The quantitative estimate of drug-likeness (QED) is 0.446. The second kappa shape index (κ2) is 6.42. The molecule has 82 valence electrons. The van der Waals surface area contributed by atoms with Gasteiger partial charge in [-0.05, 0) is 17.9 Å². The molecule has 0 aliphatic carbocycles. The fraction of sp³-hybridized carbons (Fsp3) is 0.400. The molecule has 1 aromatic rings. The predicted octanol–water partition coefficient (Wildman–Crippen LogP) is 1.79. The molecule has 0 aliphatic rings. The third-order valence-corrected chi connectivity index (χ3v) is 2.60. The van der Waals surface area contributed by atoms with Gasteiger partial charge in [0.15, 0.2) is 5.17 Å². The number of hydrogen-bond acceptors (Lipinski definition) is 4. The number of aliphatic imine (C=N–C) groups is 1. The summed E-state index contributed by atoms with van der Waals surface area (Å²) in [6.45, 7) is 0.623. The number of hydroxylamine groups is 2. The van der Waals surface area contributed by atoms with Crippen molar-refractivity contribution in [2.24, 2.45) is 4.99 Å². The van der Waals surface area contributed by atoms with Crippen LogP contribution in [0.4, 0.5) is 0 Å². The van der Waals surface area contributed by atoms with Crippen molar-refractivity contribution in [1.82, 2.24) is 10.0 Å². The number of rotatable bonds is 3. The summed E-state index contributed by atoms with van der Waals surface area (Å²) in [7, 11) is 3.45. The van der Waals surface area contributed by atoms with Crippen LogP contribution in [-0.2, 0) is 11.4 Å². The van der Waals surface area contributed by atoms with E-state index in [1.54, 1.807) is 30.1 Å². The highest BCUT2D eigenvalue weighted by Gasteiger charge is 2.02. The van der Waals surface area contributed by atoms with E-state index in [1.807, 2.05) is 31.6 Å². The van der Waals surface area contributed by atoms with Gasteiger partial charge in [-0.15, -0.1) is 0 Å². The smallest absolute Gasteiger partial charge is 0.183 e. The van der Waals surface area contributed by atoms with E-state index in [4.69, 9.17) is 4.84 Å². The standard InChI is InChI=1S/C10H15N3OS/c1-13(14-2)10(15-3)12-8-9-5-4-6-11-7-9/h4-7H,8H2,1-3H3. The molecule has 0 spiro atoms. The Balaban J connectivity index is 2.62. The zero-order valence-corrected chi connectivity index (χ0v) is 9.99. The lowest BCUT2D eigenvalue weighted by Gasteiger charge is -2.15. The van der Waals surface area contributed by atoms with Crippen LogP contribution in [0.5, 0.6) is 0 Å². The molecule has 0 atom stereocenters. The van der Waals surface area contributed by atoms with Crippen LogP contribution >= 0.6 is 11.8 Å². The third kappa shape index (κ3) is 3.89. The molecule has 0 N–H and O–H groups in total. The van der Waals surface area contributed by atoms with Crippen molar-refractivity contribution in [1.29, 1.82) is 0 Å². The predicted molar refractivity (Wildman–Crippen MR) is 63.7 cm³/mol. The third-order valence-electron chi connectivity index (χ3n) is 1.85. The van der Waals surface area contributed by atoms with Crippen LogP contribution in [0.2, 0.25) is 0 Å². The molecule has 0 bridgehead atoms. The maximum atomic E-state index is 5.06. The van der Waals surface area contributed by atoms with Crippen LogP contribution in [0.15, 0.2) is 29.5 Å². The fourth-order valence-electron chi connectivity index (χ4n) is 1.02. The molecule has 0 aromatic carbocycles. The highest BCUT2D eigenvalue weighted by molar-refractivity contribution is 8.13. The topological polar surface area (TPSA) is 37.7 Å². The summed E-state index contributed by atoms with van der Waals surface area (Å²) in [5.74, 6) is 0. The molecule has 0 saturated carbocycles. The normalized spacial score (nSPS) is 11.5. The minimum Gasteiger partial charge on any atom is -0.275 e. The summed E-state index contributed by atoms with van der Waals surface area (Å²) in [6, 6.07) is 3.91. The van der Waals surface area contributed by atoms with Crippen molar-refractivity contribution < 1.29 is 4.84 Å². The van der Waals surface area contributed by atoms with Gasteiger partial charge in [-0.1, -0.05) is 17.8 Å². The van der Waals surface area contributed by atoms with Crippen LogP contribution in [-0.4, -0.2) is 35.6 Å². The van der Waals surface area contributed by atoms with Crippen LogP contribution in [0, 0.1) is 0 Å². The zero-order chi connectivity index (χ0) is 11.1. The van der Waals surface area contributed by atoms with E-state index < -0.39 is 0 Å². The van der Waals surface area contributed by atoms with Crippen molar-refractivity contribution in [3.05, 3.63) is 30.1 Å². The molecule has 0 unspecified atom stereocenters. The summed E-state index contributed by atoms with van der Waals surface area (Å²) < 4.78 is 0. The molecule has 0 radical (unpaired) electrons. The first-order chi connectivity index (χ1) is 7.27. The Hall–Kier alpha value is -1.07. The SMILES string of the molecule is CON(C)C(=NCc1cccnc1)SC. The first kappa shape index (κ1) is 12.0. The van der Waals surface area contributed by atoms with Gasteiger partial charge in [0, 0.05) is 19.4 Å². The molecule has 1 aromatic heterocycles. The van der Waals surface area contributed by atoms with E-state index in [-0.39, 0.29) is 0 Å². The molecule has 1 heterocycles. The largest absolute Gasteiger partial charge is 0.275 e. The van der Waals surface area contributed by atoms with Crippen molar-refractivity contribution in [2.75, 3.05) is 20.4 Å². The Bertz CT molecular complexity index is 316. The molecule has 5 heteroatoms. The van der Waals surface area contributed by atoms with Crippen molar-refractivity contribution >= 4 is 16.9 Å². The second-order valence-corrected chi connectivity index (χ2v) is 3.62. The Morgan fingerprint density at radius 3 is 3.00 bits per heavy atom. The maximum Gasteiger partial charge on any atom is 0.183 e. The Morgan fingerprint density at radius 2 is 2.47 bits per heavy atom. The maximum absolute atomic E-state index is 5.06. The van der Waals surface area contributed by atoms with Crippen LogP contribution < -0.4 is 0 Å². The van der Waals surface area contributed by atoms with Crippen LogP contribution in [0.25, 0.3) is 0 Å². The number of aromatic nitrogens is 1. The van der Waals surface area contributed by atoms with E-state index in [2.05, 4.69) is 9.98 Å². The van der Waals surface area contributed by atoms with E-state index in [0.29, 0.717) is 6.54 Å². The fourth-order valence-corrected chi connectivity index (χ4v) is 1.55. The van der Waals surface area contributed by atoms with E-state index >= 15 is 0 Å². The summed E-state index contributed by atoms with van der Waals surface area (Å²) in [4.78, 5) is 13.5. The monoisotopic (exact) mass is 225 g/mol. The summed E-state index contributed by atoms with van der Waals surface area (Å²) in [5, 5.41) is 2.49. The van der Waals surface area contributed by atoms with Gasteiger partial charge < -0.3 is 0 Å². The Morgan fingerprint density at radius 1 is 1.67 bits per heavy atom. The molecular formula is C10H15N3OS. The average Bonchev–Trinajstić information content (AvgIpc) is 2.31. The minimum atomic E-state index is 0.623. The van der Waals surface area contributed by atoms with Gasteiger partial charge in [0.2, 0.25) is 0 Å². The molecule has 0 aliphatic heterocycles. The molecular weight excluding hydrogens is 210 g/mol. The van der Waals surface area contributed by atoms with E-state index in [9.17, 15) is 0 Å². The van der Waals surface area contributed by atoms with Gasteiger partial charge in [0.1, 0.15) is 0 Å². The van der Waals surface area contributed by atoms with Crippen molar-refractivity contribution in [3.63, 3.8) is 0 Å². The number of hydrogen-bond donors (Lipinski definition) is 0. The average molecular weight is 225 g/mol. The molecule has 15 heavy (non-hydrogen) atoms. The second-order valence-electron chi connectivity index (χ2n) is 2.84. The highest BCUT2D eigenvalue weighted by Crippen LogP contribution is 2.06. The van der Waals surface area contributed by atoms with Gasteiger partial charge in [-0.25, -0.2) is 5.06 Å². The number of amidine groups is 1. The lowest BCUT2D eigenvalue weighted by molar-refractivity contribution is -0.0385. The molecule has 0 saturated heterocycles. The summed E-state index contributed by atoms with van der Waals surface area (Å²) in [6.07, 6.45) is 5.54. The van der Waals surface area contributed by atoms with Crippen LogP contribution in [0.1, 0.15) is 5.56 Å². The molecule has 1 rings (SSSR count). The molecule has 0 amide bonds. The lowest BCUT2D eigenvalue weighted by Crippen LogP contribution is -2.22.